The summed E-state index contributed by atoms with van der Waals surface area (Å²) in [7, 11) is 0. The van der Waals surface area contributed by atoms with Crippen molar-refractivity contribution in [3.8, 4) is 0 Å². The van der Waals surface area contributed by atoms with E-state index in [0.29, 0.717) is 23.3 Å². The fourth-order valence-corrected chi connectivity index (χ4v) is 8.96. The molecule has 8 unspecified atom stereocenters. The second kappa shape index (κ2) is 8.17. The normalized spacial score (nSPS) is 46.8. The first kappa shape index (κ1) is 21.7. The molecule has 4 fully saturated rings. The molecule has 3 nitrogen and oxygen atoms in total. The summed E-state index contributed by atoms with van der Waals surface area (Å²) in [5.74, 6) is 3.85. The molecule has 4 aliphatic carbocycles. The summed E-state index contributed by atoms with van der Waals surface area (Å²) in [5.41, 5.74) is 1.06. The van der Waals surface area contributed by atoms with E-state index in [2.05, 4.69) is 33.0 Å². The smallest absolute Gasteiger partial charge is 0.303 e. The fourth-order valence-electron chi connectivity index (χ4n) is 8.96. The quantitative estimate of drug-likeness (QED) is 0.550. The van der Waals surface area contributed by atoms with Gasteiger partial charge in [-0.15, -0.1) is 0 Å². The first-order valence-electron chi connectivity index (χ1n) is 12.7. The molecule has 0 spiro atoms. The van der Waals surface area contributed by atoms with Crippen molar-refractivity contribution < 1.29 is 9.90 Å². The van der Waals surface area contributed by atoms with E-state index in [1.165, 1.54) is 57.8 Å². The predicted molar refractivity (Wildman–Crippen MR) is 119 cm³/mol. The zero-order valence-electron chi connectivity index (χ0n) is 19.4. The lowest BCUT2D eigenvalue weighted by Crippen LogP contribution is -2.55. The molecule has 4 saturated carbocycles. The highest BCUT2D eigenvalue weighted by Gasteiger charge is 2.59. The van der Waals surface area contributed by atoms with Gasteiger partial charge in [0.25, 0.3) is 0 Å². The number of aliphatic carboxylic acids is 1. The number of carboxylic acid groups (broad SMARTS) is 1. The van der Waals surface area contributed by atoms with E-state index in [4.69, 9.17) is 5.11 Å². The van der Waals surface area contributed by atoms with Gasteiger partial charge in [-0.3, -0.25) is 4.79 Å². The molecule has 3 heteroatoms. The zero-order chi connectivity index (χ0) is 20.8. The molecule has 166 valence electrons. The summed E-state index contributed by atoms with van der Waals surface area (Å²) in [5, 5.41) is 12.9. The maximum Gasteiger partial charge on any atom is 0.303 e. The van der Waals surface area contributed by atoms with Gasteiger partial charge in [0, 0.05) is 18.5 Å². The maximum atomic E-state index is 11.0. The minimum atomic E-state index is -0.623. The van der Waals surface area contributed by atoms with Crippen molar-refractivity contribution in [1.82, 2.24) is 5.32 Å². The Morgan fingerprint density at radius 1 is 1.00 bits per heavy atom. The van der Waals surface area contributed by atoms with Gasteiger partial charge in [-0.25, -0.2) is 0 Å². The third kappa shape index (κ3) is 3.90. The molecule has 0 aromatic rings. The third-order valence-electron chi connectivity index (χ3n) is 10.4. The van der Waals surface area contributed by atoms with E-state index in [1.54, 1.807) is 0 Å². The Labute approximate surface area is 178 Å². The minimum Gasteiger partial charge on any atom is -0.481 e. The molecule has 2 N–H and O–H groups in total. The first-order valence-corrected chi connectivity index (χ1v) is 12.7. The third-order valence-corrected chi connectivity index (χ3v) is 10.4. The van der Waals surface area contributed by atoms with Crippen LogP contribution in [-0.2, 0) is 4.79 Å². The number of hydrogen-bond donors (Lipinski definition) is 2. The van der Waals surface area contributed by atoms with Crippen molar-refractivity contribution in [3.05, 3.63) is 0 Å². The van der Waals surface area contributed by atoms with Gasteiger partial charge >= 0.3 is 5.97 Å². The Kier molecular flexibility index (Phi) is 6.10. The van der Waals surface area contributed by atoms with Crippen molar-refractivity contribution in [2.45, 2.75) is 117 Å². The number of fused-ring (bicyclic) bond motifs is 5. The standard InChI is InChI=1S/C26H45NO2/c1-17(2)27-20-12-14-26(4)19(16-20)8-10-21-22-11-9-18(6-5-7-24(28)29)25(22,3)15-13-23(21)26/h17-23,27H,5-16H2,1-4H3,(H,28,29). The van der Waals surface area contributed by atoms with Crippen LogP contribution in [0.4, 0.5) is 0 Å². The van der Waals surface area contributed by atoms with Gasteiger partial charge in [0.2, 0.25) is 0 Å². The van der Waals surface area contributed by atoms with Crippen molar-refractivity contribution in [2.75, 3.05) is 0 Å². The highest BCUT2D eigenvalue weighted by molar-refractivity contribution is 5.66. The van der Waals surface area contributed by atoms with Crippen molar-refractivity contribution in [1.29, 1.82) is 0 Å². The fraction of sp³-hybridized carbons (Fsp3) is 0.962. The Hall–Kier alpha value is -0.570. The molecule has 0 saturated heterocycles. The van der Waals surface area contributed by atoms with E-state index < -0.39 is 5.97 Å². The molecule has 0 bridgehead atoms. The van der Waals surface area contributed by atoms with Crippen LogP contribution in [0.1, 0.15) is 105 Å². The topological polar surface area (TPSA) is 49.3 Å². The van der Waals surface area contributed by atoms with Crippen molar-refractivity contribution in [2.24, 2.45) is 40.4 Å². The summed E-state index contributed by atoms with van der Waals surface area (Å²) < 4.78 is 0. The number of rotatable bonds is 6. The van der Waals surface area contributed by atoms with Crippen molar-refractivity contribution in [3.63, 3.8) is 0 Å². The molecule has 0 aliphatic heterocycles. The van der Waals surface area contributed by atoms with Gasteiger partial charge in [-0.1, -0.05) is 27.7 Å². The predicted octanol–water partition coefficient (Wildman–Crippen LogP) is 6.27. The second-order valence-electron chi connectivity index (χ2n) is 12.1. The summed E-state index contributed by atoms with van der Waals surface area (Å²) in [6, 6.07) is 1.34. The SMILES string of the molecule is CC(C)NC1CCC2(C)C(CCC3C4CCC(CCCC(=O)O)C4(C)CCC32)C1. The number of nitrogens with one attached hydrogen (secondary N) is 1. The number of carbonyl (C=O) groups is 1. The number of carboxylic acids is 1. The summed E-state index contributed by atoms with van der Waals surface area (Å²) in [6.45, 7) is 9.84. The van der Waals surface area contributed by atoms with Crippen LogP contribution in [0.2, 0.25) is 0 Å². The Balaban J connectivity index is 1.44. The monoisotopic (exact) mass is 403 g/mol. The Morgan fingerprint density at radius 3 is 2.45 bits per heavy atom. The summed E-state index contributed by atoms with van der Waals surface area (Å²) in [6.07, 6.45) is 15.1. The molecule has 0 aromatic carbocycles. The van der Waals surface area contributed by atoms with E-state index in [1.807, 2.05) is 0 Å². The Morgan fingerprint density at radius 2 is 1.72 bits per heavy atom. The second-order valence-corrected chi connectivity index (χ2v) is 12.1. The molecular formula is C26H45NO2. The average Bonchev–Trinajstić information content (AvgIpc) is 2.98. The van der Waals surface area contributed by atoms with Gasteiger partial charge in [-0.2, -0.15) is 0 Å². The molecule has 0 radical (unpaired) electrons. The lowest BCUT2D eigenvalue weighted by Gasteiger charge is -2.61. The van der Waals surface area contributed by atoms with Gasteiger partial charge in [0.1, 0.15) is 0 Å². The van der Waals surface area contributed by atoms with Crippen LogP contribution in [0.5, 0.6) is 0 Å². The molecule has 0 amide bonds. The molecule has 4 aliphatic rings. The van der Waals surface area contributed by atoms with Crippen molar-refractivity contribution >= 4 is 5.97 Å². The van der Waals surface area contributed by atoms with E-state index in [-0.39, 0.29) is 0 Å². The molecule has 0 aromatic heterocycles. The van der Waals surface area contributed by atoms with Crippen LogP contribution in [0, 0.1) is 40.4 Å². The van der Waals surface area contributed by atoms with E-state index in [0.717, 1.165) is 48.5 Å². The largest absolute Gasteiger partial charge is 0.481 e. The van der Waals surface area contributed by atoms with Crippen LogP contribution < -0.4 is 5.32 Å². The van der Waals surface area contributed by atoms with Crippen LogP contribution in [0.25, 0.3) is 0 Å². The van der Waals surface area contributed by atoms with E-state index in [9.17, 15) is 4.79 Å². The lowest BCUT2D eigenvalue weighted by molar-refractivity contribution is -0.137. The van der Waals surface area contributed by atoms with Crippen LogP contribution in [0.3, 0.4) is 0 Å². The molecular weight excluding hydrogens is 358 g/mol. The molecule has 8 atom stereocenters. The maximum absolute atomic E-state index is 11.0. The van der Waals surface area contributed by atoms with Crippen LogP contribution in [-0.4, -0.2) is 23.2 Å². The summed E-state index contributed by atoms with van der Waals surface area (Å²) >= 11 is 0. The first-order chi connectivity index (χ1) is 13.7. The van der Waals surface area contributed by atoms with Crippen LogP contribution in [0.15, 0.2) is 0 Å². The number of hydrogen-bond acceptors (Lipinski definition) is 2. The average molecular weight is 404 g/mol. The summed E-state index contributed by atoms with van der Waals surface area (Å²) in [4.78, 5) is 11.0. The van der Waals surface area contributed by atoms with E-state index >= 15 is 0 Å². The molecule has 0 heterocycles. The molecule has 29 heavy (non-hydrogen) atoms. The highest BCUT2D eigenvalue weighted by Crippen LogP contribution is 2.67. The zero-order valence-corrected chi connectivity index (χ0v) is 19.4. The van der Waals surface area contributed by atoms with Gasteiger partial charge < -0.3 is 10.4 Å². The minimum absolute atomic E-state index is 0.356. The van der Waals surface area contributed by atoms with Gasteiger partial charge in [0.05, 0.1) is 0 Å². The van der Waals surface area contributed by atoms with Gasteiger partial charge in [-0.05, 0) is 111 Å². The molecule has 4 rings (SSSR count). The lowest BCUT2D eigenvalue weighted by atomic mass is 9.44. The van der Waals surface area contributed by atoms with Gasteiger partial charge in [0.15, 0.2) is 0 Å². The Bertz CT molecular complexity index is 604. The highest BCUT2D eigenvalue weighted by atomic mass is 16.4. The van der Waals surface area contributed by atoms with Crippen LogP contribution >= 0.6 is 0 Å².